The van der Waals surface area contributed by atoms with Gasteiger partial charge in [0.15, 0.2) is 11.7 Å². The number of H-pyrrole nitrogens is 1. The van der Waals surface area contributed by atoms with Gasteiger partial charge in [0.2, 0.25) is 5.91 Å². The summed E-state index contributed by atoms with van der Waals surface area (Å²) in [5, 5.41) is 29.2. The molecule has 2 saturated carbocycles. The molecule has 2 aliphatic carbocycles. The van der Waals surface area contributed by atoms with Crippen LogP contribution in [0.1, 0.15) is 65.4 Å². The molecule has 3 fully saturated rings. The van der Waals surface area contributed by atoms with E-state index in [1.807, 2.05) is 13.8 Å². The number of nitrogens with zero attached hydrogens (tertiary/aromatic N) is 4. The van der Waals surface area contributed by atoms with Crippen LogP contribution in [0.2, 0.25) is 0 Å². The Morgan fingerprint density at radius 3 is 2.64 bits per heavy atom. The first kappa shape index (κ1) is 40.3. The molecular weight excluding hydrogens is 708 g/mol. The van der Waals surface area contributed by atoms with E-state index in [1.54, 1.807) is 24.1 Å². The van der Waals surface area contributed by atoms with Gasteiger partial charge >= 0.3 is 5.97 Å². The van der Waals surface area contributed by atoms with Crippen molar-refractivity contribution in [3.8, 4) is 0 Å². The third-order valence-electron chi connectivity index (χ3n) is 12.6. The number of nitrogen functional groups attached to an aromatic ring is 1. The van der Waals surface area contributed by atoms with Crippen LogP contribution in [0.5, 0.6) is 0 Å². The quantitative estimate of drug-likeness (QED) is 0.122. The number of ether oxygens (including phenoxy) is 2. The second-order valence-electron chi connectivity index (χ2n) is 16.0. The Morgan fingerprint density at radius 2 is 1.96 bits per heavy atom. The Hall–Kier alpha value is -4.35. The maximum Gasteiger partial charge on any atom is 0.341 e. The molecule has 4 heterocycles. The molecule has 7 N–H and O–H groups in total. The number of aromatic nitrogens is 2. The summed E-state index contributed by atoms with van der Waals surface area (Å²) < 4.78 is 11.1. The molecule has 298 valence electrons. The highest BCUT2D eigenvalue weighted by molar-refractivity contribution is 6.07. The number of carbonyl (C=O) groups is 3. The van der Waals surface area contributed by atoms with Gasteiger partial charge in [-0.1, -0.05) is 26.0 Å². The first-order chi connectivity index (χ1) is 26.1. The smallest absolute Gasteiger partial charge is 0.341 e. The summed E-state index contributed by atoms with van der Waals surface area (Å²) >= 11 is 0. The standard InChI is InChI=1S/C39H54N8O8/c1-21-27(38(4)7-6-32(50)39(5,20-48)31(38)17-28(21)45-23(3)35(52)47-10-12-54-13-11-47)16-29(44-22(2)30(49)18-33-41-8-9-42-33)26-15-25(55-36(26)53)14-24-19-43-37(40)46-34(24)51/h8,14-15,19,22-23,27-29,31-32,44-45,48,50H,1,6-7,9-13,16-18,20H2,2-5H3,(H3,40,43,46,51)/b25-14+/t22?,23?,27?,28?,29?,31?,32-,38-,39+/m1/s1. The first-order valence-corrected chi connectivity index (χ1v) is 19.1. The Labute approximate surface area is 320 Å². The molecule has 6 unspecified atom stereocenters. The number of morpholine rings is 1. The summed E-state index contributed by atoms with van der Waals surface area (Å²) in [5.41, 5.74) is 4.96. The van der Waals surface area contributed by atoms with Gasteiger partial charge in [0.1, 0.15) is 11.6 Å². The number of nitrogens with two attached hydrogens (primary N) is 1. The second-order valence-corrected chi connectivity index (χ2v) is 16.0. The number of amides is 1. The average molecular weight is 763 g/mol. The second kappa shape index (κ2) is 16.4. The molecule has 5 aliphatic rings. The van der Waals surface area contributed by atoms with E-state index in [-0.39, 0.29) is 65.4 Å². The molecule has 1 aromatic heterocycles. The zero-order chi connectivity index (χ0) is 39.7. The van der Waals surface area contributed by atoms with Gasteiger partial charge in [-0.25, -0.2) is 14.8 Å². The number of hydrogen-bond acceptors (Lipinski definition) is 14. The number of anilines is 1. The van der Waals surface area contributed by atoms with Crippen molar-refractivity contribution in [2.45, 2.75) is 90.1 Å². The lowest BCUT2D eigenvalue weighted by Crippen LogP contribution is -2.63. The number of aromatic amines is 1. The molecule has 1 amide bonds. The van der Waals surface area contributed by atoms with E-state index < -0.39 is 46.6 Å². The van der Waals surface area contributed by atoms with Crippen molar-refractivity contribution in [2.24, 2.45) is 32.7 Å². The SMILES string of the molecule is C=C1C(NC(C)C(=O)N2CCOCC2)CC2[C@](C)(CC[C@@H](O)[C@@]2(C)CO)C1CC(NC(C)C(=O)CC1=NCC=N1)C1=C/C(=C\c2cnc(N)[nH]c2=O)OC1=O. The van der Waals surface area contributed by atoms with Crippen LogP contribution in [0, 0.1) is 22.7 Å². The molecular formula is C39H54N8O8. The molecule has 16 nitrogen and oxygen atoms in total. The average Bonchev–Trinajstić information content (AvgIpc) is 3.82. The van der Waals surface area contributed by atoms with Crippen LogP contribution >= 0.6 is 0 Å². The Balaban J connectivity index is 1.36. The highest BCUT2D eigenvalue weighted by Crippen LogP contribution is 2.62. The maximum atomic E-state index is 13.7. The fraction of sp³-hybridized carbons (Fsp3) is 0.615. The molecule has 1 aromatic rings. The van der Waals surface area contributed by atoms with Crippen molar-refractivity contribution in [1.82, 2.24) is 25.5 Å². The molecule has 9 atom stereocenters. The number of carbonyl (C=O) groups excluding carboxylic acids is 3. The van der Waals surface area contributed by atoms with Crippen molar-refractivity contribution >= 4 is 41.7 Å². The largest absolute Gasteiger partial charge is 0.423 e. The van der Waals surface area contributed by atoms with Gasteiger partial charge in [0, 0.05) is 43.0 Å². The number of aliphatic imine (C=N–C) groups is 2. The van der Waals surface area contributed by atoms with Crippen LogP contribution in [-0.4, -0.2) is 125 Å². The number of rotatable bonds is 13. The van der Waals surface area contributed by atoms with E-state index in [1.165, 1.54) is 12.3 Å². The predicted octanol–water partition coefficient (Wildman–Crippen LogP) is 0.913. The van der Waals surface area contributed by atoms with Crippen molar-refractivity contribution in [1.29, 1.82) is 0 Å². The van der Waals surface area contributed by atoms with E-state index in [4.69, 9.17) is 15.2 Å². The lowest BCUT2D eigenvalue weighted by atomic mass is 9.45. The van der Waals surface area contributed by atoms with Crippen LogP contribution < -0.4 is 21.9 Å². The highest BCUT2D eigenvalue weighted by atomic mass is 16.5. The number of esters is 1. The van der Waals surface area contributed by atoms with Crippen LogP contribution in [0.25, 0.3) is 6.08 Å². The molecule has 0 aromatic carbocycles. The van der Waals surface area contributed by atoms with Crippen LogP contribution in [-0.2, 0) is 23.9 Å². The summed E-state index contributed by atoms with van der Waals surface area (Å²) in [6.07, 6.45) is 7.04. The van der Waals surface area contributed by atoms with Gasteiger partial charge in [0.05, 0.1) is 62.1 Å². The maximum absolute atomic E-state index is 13.7. The number of nitrogens with one attached hydrogen (secondary N) is 3. The number of allylic oxidation sites excluding steroid dienone is 1. The third-order valence-corrected chi connectivity index (χ3v) is 12.6. The summed E-state index contributed by atoms with van der Waals surface area (Å²) in [5.74, 6) is -0.883. The molecule has 1 saturated heterocycles. The minimum atomic E-state index is -0.861. The topological polar surface area (TPSA) is 234 Å². The molecule has 16 heteroatoms. The summed E-state index contributed by atoms with van der Waals surface area (Å²) in [6.45, 7) is 14.4. The summed E-state index contributed by atoms with van der Waals surface area (Å²) in [4.78, 5) is 70.0. The van der Waals surface area contributed by atoms with Crippen molar-refractivity contribution in [3.05, 3.63) is 51.7 Å². The third kappa shape index (κ3) is 8.28. The first-order valence-electron chi connectivity index (χ1n) is 19.1. The van der Waals surface area contributed by atoms with Crippen molar-refractivity contribution < 1.29 is 34.1 Å². The van der Waals surface area contributed by atoms with Crippen LogP contribution in [0.4, 0.5) is 5.95 Å². The van der Waals surface area contributed by atoms with Gasteiger partial charge in [-0.05, 0) is 68.9 Å². The predicted molar refractivity (Wildman–Crippen MR) is 206 cm³/mol. The van der Waals surface area contributed by atoms with Crippen molar-refractivity contribution in [3.63, 3.8) is 0 Å². The minimum absolute atomic E-state index is 0.0165. The Morgan fingerprint density at radius 1 is 1.22 bits per heavy atom. The minimum Gasteiger partial charge on any atom is -0.423 e. The van der Waals surface area contributed by atoms with E-state index >= 15 is 0 Å². The number of amidine groups is 1. The number of ketones is 1. The number of aliphatic hydroxyl groups is 2. The van der Waals surface area contributed by atoms with E-state index in [0.717, 1.165) is 5.57 Å². The molecule has 0 radical (unpaired) electrons. The molecule has 0 spiro atoms. The summed E-state index contributed by atoms with van der Waals surface area (Å²) in [7, 11) is 0. The van der Waals surface area contributed by atoms with E-state index in [2.05, 4.69) is 44.1 Å². The molecule has 55 heavy (non-hydrogen) atoms. The fourth-order valence-electron chi connectivity index (χ4n) is 9.24. The van der Waals surface area contributed by atoms with Gasteiger partial charge in [-0.15, -0.1) is 0 Å². The normalized spacial score (nSPS) is 31.7. The van der Waals surface area contributed by atoms with Crippen LogP contribution in [0.15, 0.2) is 50.5 Å². The Kier molecular flexibility index (Phi) is 12.0. The van der Waals surface area contributed by atoms with Crippen LogP contribution in [0.3, 0.4) is 0 Å². The molecule has 3 aliphatic heterocycles. The number of cyclic esters (lactones) is 1. The number of fused-ring (bicyclic) bond motifs is 1. The van der Waals surface area contributed by atoms with Gasteiger partial charge < -0.3 is 35.6 Å². The number of aliphatic hydroxyl groups excluding tert-OH is 2. The molecule has 6 rings (SSSR count). The zero-order valence-electron chi connectivity index (χ0n) is 32.0. The monoisotopic (exact) mass is 762 g/mol. The van der Waals surface area contributed by atoms with E-state index in [0.29, 0.717) is 64.4 Å². The highest BCUT2D eigenvalue weighted by Gasteiger charge is 2.60. The number of Topliss-reactive ketones (excluding diaryl/α,β-unsaturated/α-hetero) is 1. The summed E-state index contributed by atoms with van der Waals surface area (Å²) in [6, 6.07) is -2.41. The zero-order valence-corrected chi connectivity index (χ0v) is 32.0. The van der Waals surface area contributed by atoms with Crippen molar-refractivity contribution in [2.75, 3.05) is 45.2 Å². The lowest BCUT2D eigenvalue weighted by molar-refractivity contribution is -0.157. The van der Waals surface area contributed by atoms with Gasteiger partial charge in [-0.3, -0.25) is 29.7 Å². The van der Waals surface area contributed by atoms with Gasteiger partial charge in [0.25, 0.3) is 5.56 Å². The van der Waals surface area contributed by atoms with Gasteiger partial charge in [-0.2, -0.15) is 0 Å². The lowest BCUT2D eigenvalue weighted by Gasteiger charge is -2.62. The Bertz CT molecular complexity index is 1870. The molecule has 0 bridgehead atoms. The fourth-order valence-corrected chi connectivity index (χ4v) is 9.24. The van der Waals surface area contributed by atoms with E-state index in [9.17, 15) is 29.4 Å². The number of hydrogen-bond donors (Lipinski definition) is 6.